The second-order valence-corrected chi connectivity index (χ2v) is 4.83. The van der Waals surface area contributed by atoms with Crippen molar-refractivity contribution in [1.82, 2.24) is 10.3 Å². The van der Waals surface area contributed by atoms with Gasteiger partial charge in [0.2, 0.25) is 0 Å². The van der Waals surface area contributed by atoms with Crippen LogP contribution in [0.4, 0.5) is 5.82 Å². The minimum atomic E-state index is -0.104. The van der Waals surface area contributed by atoms with Crippen LogP contribution in [0.15, 0.2) is 35.1 Å². The van der Waals surface area contributed by atoms with E-state index >= 15 is 0 Å². The summed E-state index contributed by atoms with van der Waals surface area (Å²) in [4.78, 5) is 16.7. The van der Waals surface area contributed by atoms with Gasteiger partial charge in [0, 0.05) is 29.9 Å². The van der Waals surface area contributed by atoms with Gasteiger partial charge in [-0.3, -0.25) is 4.79 Å². The van der Waals surface area contributed by atoms with Crippen LogP contribution in [0.25, 0.3) is 0 Å². The first-order valence-corrected chi connectivity index (χ1v) is 7.27. The summed E-state index contributed by atoms with van der Waals surface area (Å²) in [6.45, 7) is 5.42. The number of nitrogens with one attached hydrogen (secondary N) is 2. The van der Waals surface area contributed by atoms with Crippen molar-refractivity contribution < 1.29 is 9.21 Å². The number of anilines is 1. The highest BCUT2D eigenvalue weighted by atomic mass is 16.3. The Morgan fingerprint density at radius 1 is 1.33 bits per heavy atom. The summed E-state index contributed by atoms with van der Waals surface area (Å²) in [5, 5.41) is 6.11. The second-order valence-electron chi connectivity index (χ2n) is 4.83. The van der Waals surface area contributed by atoms with Crippen LogP contribution in [0, 0.1) is 0 Å². The molecule has 112 valence electrons. The van der Waals surface area contributed by atoms with Crippen molar-refractivity contribution in [2.75, 3.05) is 11.9 Å². The molecule has 21 heavy (non-hydrogen) atoms. The highest BCUT2D eigenvalue weighted by Gasteiger charge is 2.09. The lowest BCUT2D eigenvalue weighted by Crippen LogP contribution is -2.23. The lowest BCUT2D eigenvalue weighted by Gasteiger charge is -2.09. The Labute approximate surface area is 124 Å². The lowest BCUT2D eigenvalue weighted by atomic mass is 10.1. The molecule has 0 fully saturated rings. The van der Waals surface area contributed by atoms with Crippen LogP contribution in [0.1, 0.15) is 41.9 Å². The average Bonchev–Trinajstić information content (AvgIpc) is 3.03. The Bertz CT molecular complexity index is 579. The van der Waals surface area contributed by atoms with Crippen molar-refractivity contribution in [2.24, 2.45) is 0 Å². The van der Waals surface area contributed by atoms with E-state index in [9.17, 15) is 4.79 Å². The van der Waals surface area contributed by atoms with Gasteiger partial charge < -0.3 is 15.1 Å². The number of rotatable bonds is 7. The van der Waals surface area contributed by atoms with Crippen molar-refractivity contribution in [3.8, 4) is 0 Å². The Hall–Kier alpha value is -2.30. The molecule has 0 saturated heterocycles. The molecule has 2 aromatic rings. The summed E-state index contributed by atoms with van der Waals surface area (Å²) in [6, 6.07) is 5.46. The molecule has 5 nitrogen and oxygen atoms in total. The van der Waals surface area contributed by atoms with E-state index in [1.165, 1.54) is 0 Å². The molecule has 1 amide bonds. The molecule has 2 rings (SSSR count). The van der Waals surface area contributed by atoms with Crippen LogP contribution in [-0.4, -0.2) is 17.4 Å². The van der Waals surface area contributed by atoms with Gasteiger partial charge >= 0.3 is 0 Å². The predicted molar refractivity (Wildman–Crippen MR) is 82.3 cm³/mol. The fourth-order valence-electron chi connectivity index (χ4n) is 1.92. The van der Waals surface area contributed by atoms with Gasteiger partial charge in [0.05, 0.1) is 12.5 Å². The zero-order valence-electron chi connectivity index (χ0n) is 12.5. The molecular weight excluding hydrogens is 266 g/mol. The van der Waals surface area contributed by atoms with Crippen LogP contribution in [-0.2, 0) is 13.0 Å². The number of amides is 1. The van der Waals surface area contributed by atoms with Gasteiger partial charge in [0.25, 0.3) is 5.91 Å². The quantitative estimate of drug-likeness (QED) is 0.821. The number of hydrogen-bond donors (Lipinski definition) is 2. The molecule has 2 aromatic heterocycles. The molecule has 0 spiro atoms. The van der Waals surface area contributed by atoms with Gasteiger partial charge in [0.15, 0.2) is 0 Å². The third-order valence-electron chi connectivity index (χ3n) is 3.09. The maximum absolute atomic E-state index is 12.2. The number of hydrogen-bond acceptors (Lipinski definition) is 4. The minimum absolute atomic E-state index is 0.104. The first kappa shape index (κ1) is 15.1. The van der Waals surface area contributed by atoms with E-state index in [4.69, 9.17) is 4.42 Å². The number of aromatic nitrogens is 1. The lowest BCUT2D eigenvalue weighted by molar-refractivity contribution is 0.0950. The first-order valence-electron chi connectivity index (χ1n) is 7.27. The summed E-state index contributed by atoms with van der Waals surface area (Å²) in [5.41, 5.74) is 2.48. The topological polar surface area (TPSA) is 67.2 Å². The summed E-state index contributed by atoms with van der Waals surface area (Å²) in [7, 11) is 0. The maximum atomic E-state index is 12.2. The van der Waals surface area contributed by atoms with E-state index in [1.807, 2.05) is 19.1 Å². The molecule has 0 aliphatic rings. The van der Waals surface area contributed by atoms with E-state index in [-0.39, 0.29) is 5.91 Å². The van der Waals surface area contributed by atoms with Crippen LogP contribution >= 0.6 is 0 Å². The van der Waals surface area contributed by atoms with Gasteiger partial charge in [-0.05, 0) is 31.0 Å². The Morgan fingerprint density at radius 3 is 2.86 bits per heavy atom. The normalized spacial score (nSPS) is 10.4. The molecular formula is C16H21N3O2. The van der Waals surface area contributed by atoms with Crippen molar-refractivity contribution in [3.05, 3.63) is 47.5 Å². The molecule has 0 aliphatic heterocycles. The fourth-order valence-corrected chi connectivity index (χ4v) is 1.92. The van der Waals surface area contributed by atoms with Crippen molar-refractivity contribution in [1.29, 1.82) is 0 Å². The third-order valence-corrected chi connectivity index (χ3v) is 3.09. The Balaban J connectivity index is 2.07. The molecule has 0 unspecified atom stereocenters. The van der Waals surface area contributed by atoms with E-state index in [1.54, 1.807) is 18.6 Å². The van der Waals surface area contributed by atoms with Crippen LogP contribution < -0.4 is 10.6 Å². The minimum Gasteiger partial charge on any atom is -0.472 e. The molecule has 5 heteroatoms. The summed E-state index contributed by atoms with van der Waals surface area (Å²) in [5.74, 6) is 0.650. The highest BCUT2D eigenvalue weighted by molar-refractivity contribution is 5.94. The SMILES string of the molecule is CCCNc1cc(C(=O)NCc2ccoc2)cc(CC)n1. The number of furan rings is 1. The largest absolute Gasteiger partial charge is 0.472 e. The zero-order chi connectivity index (χ0) is 15.1. The van der Waals surface area contributed by atoms with Gasteiger partial charge in [-0.25, -0.2) is 4.98 Å². The Morgan fingerprint density at radius 2 is 2.19 bits per heavy atom. The van der Waals surface area contributed by atoms with Gasteiger partial charge in [-0.2, -0.15) is 0 Å². The number of aryl methyl sites for hydroxylation is 1. The zero-order valence-corrected chi connectivity index (χ0v) is 12.5. The van der Waals surface area contributed by atoms with Crippen molar-refractivity contribution in [2.45, 2.75) is 33.2 Å². The monoisotopic (exact) mass is 287 g/mol. The smallest absolute Gasteiger partial charge is 0.251 e. The molecule has 0 radical (unpaired) electrons. The molecule has 0 aromatic carbocycles. The molecule has 0 saturated carbocycles. The van der Waals surface area contributed by atoms with Crippen molar-refractivity contribution >= 4 is 11.7 Å². The van der Waals surface area contributed by atoms with Crippen LogP contribution in [0.5, 0.6) is 0 Å². The van der Waals surface area contributed by atoms with Gasteiger partial charge in [0.1, 0.15) is 5.82 Å². The fraction of sp³-hybridized carbons (Fsp3) is 0.375. The van der Waals surface area contributed by atoms with E-state index in [0.29, 0.717) is 12.1 Å². The Kier molecular flexibility index (Phi) is 5.37. The summed E-state index contributed by atoms with van der Waals surface area (Å²) in [6.07, 6.45) is 5.03. The number of nitrogens with zero attached hydrogens (tertiary/aromatic N) is 1. The van der Waals surface area contributed by atoms with Crippen LogP contribution in [0.2, 0.25) is 0 Å². The molecule has 2 N–H and O–H groups in total. The third kappa shape index (κ3) is 4.34. The summed E-state index contributed by atoms with van der Waals surface area (Å²) < 4.78 is 4.98. The molecule has 0 aliphatic carbocycles. The second kappa shape index (κ2) is 7.47. The first-order chi connectivity index (χ1) is 10.2. The number of carbonyl (C=O) groups excluding carboxylic acids is 1. The number of pyridine rings is 1. The molecule has 2 heterocycles. The molecule has 0 atom stereocenters. The van der Waals surface area contributed by atoms with Crippen molar-refractivity contribution in [3.63, 3.8) is 0 Å². The van der Waals surface area contributed by atoms with Crippen LogP contribution in [0.3, 0.4) is 0 Å². The summed E-state index contributed by atoms with van der Waals surface area (Å²) >= 11 is 0. The predicted octanol–water partition coefficient (Wildman–Crippen LogP) is 2.99. The van der Waals surface area contributed by atoms with E-state index in [2.05, 4.69) is 22.5 Å². The van der Waals surface area contributed by atoms with E-state index < -0.39 is 0 Å². The standard InChI is InChI=1S/C16H21N3O2/c1-3-6-17-15-9-13(8-14(4-2)19-15)16(20)18-10-12-5-7-21-11-12/h5,7-9,11H,3-4,6,10H2,1-2H3,(H,17,19)(H,18,20). The number of carbonyl (C=O) groups is 1. The molecule has 0 bridgehead atoms. The highest BCUT2D eigenvalue weighted by Crippen LogP contribution is 2.12. The average molecular weight is 287 g/mol. The van der Waals surface area contributed by atoms with Gasteiger partial charge in [-0.1, -0.05) is 13.8 Å². The maximum Gasteiger partial charge on any atom is 0.251 e. The van der Waals surface area contributed by atoms with E-state index in [0.717, 1.165) is 36.5 Å². The van der Waals surface area contributed by atoms with Gasteiger partial charge in [-0.15, -0.1) is 0 Å².